The van der Waals surface area contributed by atoms with Crippen molar-refractivity contribution in [3.8, 4) is 0 Å². The van der Waals surface area contributed by atoms with Gasteiger partial charge in [-0.05, 0) is 59.3 Å². The van der Waals surface area contributed by atoms with Crippen molar-refractivity contribution in [2.75, 3.05) is 11.9 Å². The first-order valence-electron chi connectivity index (χ1n) is 5.99. The molecule has 0 unspecified atom stereocenters. The lowest BCUT2D eigenvalue weighted by Gasteiger charge is -2.09. The molecular formula is C15H14BrNO2. The predicted molar refractivity (Wildman–Crippen MR) is 79.8 cm³/mol. The molecule has 3 nitrogen and oxygen atoms in total. The van der Waals surface area contributed by atoms with Gasteiger partial charge in [-0.25, -0.2) is 4.79 Å². The highest BCUT2D eigenvalue weighted by molar-refractivity contribution is 9.10. The Bertz CT molecular complexity index is 567. The van der Waals surface area contributed by atoms with Crippen LogP contribution in [0, 0.1) is 0 Å². The number of benzene rings is 2. The van der Waals surface area contributed by atoms with Crippen LogP contribution in [0.3, 0.4) is 0 Å². The molecule has 0 bridgehead atoms. The lowest BCUT2D eigenvalue weighted by Crippen LogP contribution is -2.04. The van der Waals surface area contributed by atoms with Crippen molar-refractivity contribution in [1.82, 2.24) is 0 Å². The highest BCUT2D eigenvalue weighted by atomic mass is 79.9. The van der Waals surface area contributed by atoms with E-state index in [1.165, 1.54) is 0 Å². The smallest absolute Gasteiger partial charge is 0.338 e. The quantitative estimate of drug-likeness (QED) is 0.850. The number of ether oxygens (including phenoxy) is 1. The number of para-hydroxylation sites is 1. The Kier molecular flexibility index (Phi) is 4.58. The van der Waals surface area contributed by atoms with Crippen LogP contribution < -0.4 is 5.32 Å². The largest absolute Gasteiger partial charge is 0.462 e. The Labute approximate surface area is 120 Å². The van der Waals surface area contributed by atoms with Crippen molar-refractivity contribution in [2.24, 2.45) is 0 Å². The van der Waals surface area contributed by atoms with Gasteiger partial charge in [-0.3, -0.25) is 0 Å². The molecule has 1 N–H and O–H groups in total. The monoisotopic (exact) mass is 319 g/mol. The van der Waals surface area contributed by atoms with E-state index in [1.807, 2.05) is 36.4 Å². The summed E-state index contributed by atoms with van der Waals surface area (Å²) >= 11 is 3.48. The minimum atomic E-state index is -0.296. The molecule has 98 valence electrons. The lowest BCUT2D eigenvalue weighted by atomic mass is 10.2. The molecule has 0 aromatic heterocycles. The van der Waals surface area contributed by atoms with Crippen molar-refractivity contribution < 1.29 is 9.53 Å². The Morgan fingerprint density at radius 3 is 2.47 bits per heavy atom. The van der Waals surface area contributed by atoms with Gasteiger partial charge in [0, 0.05) is 10.2 Å². The van der Waals surface area contributed by atoms with Crippen LogP contribution in [0.5, 0.6) is 0 Å². The molecule has 2 rings (SSSR count). The van der Waals surface area contributed by atoms with Crippen molar-refractivity contribution in [1.29, 1.82) is 0 Å². The summed E-state index contributed by atoms with van der Waals surface area (Å²) in [6.07, 6.45) is 0. The van der Waals surface area contributed by atoms with E-state index in [1.54, 1.807) is 19.1 Å². The van der Waals surface area contributed by atoms with E-state index in [0.29, 0.717) is 12.2 Å². The third kappa shape index (κ3) is 3.58. The van der Waals surface area contributed by atoms with Gasteiger partial charge < -0.3 is 10.1 Å². The summed E-state index contributed by atoms with van der Waals surface area (Å²) in [5.74, 6) is -0.296. The van der Waals surface area contributed by atoms with Crippen LogP contribution >= 0.6 is 15.9 Å². The molecule has 0 heterocycles. The summed E-state index contributed by atoms with van der Waals surface area (Å²) < 4.78 is 5.93. The first kappa shape index (κ1) is 13.6. The molecule has 19 heavy (non-hydrogen) atoms. The van der Waals surface area contributed by atoms with Crippen LogP contribution in [0.15, 0.2) is 53.0 Å². The maximum Gasteiger partial charge on any atom is 0.338 e. The Morgan fingerprint density at radius 1 is 1.16 bits per heavy atom. The molecule has 0 spiro atoms. The van der Waals surface area contributed by atoms with Crippen molar-refractivity contribution in [3.63, 3.8) is 0 Å². The average molecular weight is 320 g/mol. The van der Waals surface area contributed by atoms with Gasteiger partial charge in [0.15, 0.2) is 0 Å². The van der Waals surface area contributed by atoms with Crippen molar-refractivity contribution >= 4 is 33.3 Å². The van der Waals surface area contributed by atoms with Crippen LogP contribution in [0.4, 0.5) is 11.4 Å². The summed E-state index contributed by atoms with van der Waals surface area (Å²) in [6.45, 7) is 2.18. The molecule has 4 heteroatoms. The van der Waals surface area contributed by atoms with Gasteiger partial charge in [0.25, 0.3) is 0 Å². The SMILES string of the molecule is CCOC(=O)c1ccc(Nc2ccccc2Br)cc1. The van der Waals surface area contributed by atoms with E-state index < -0.39 is 0 Å². The van der Waals surface area contributed by atoms with E-state index in [4.69, 9.17) is 4.74 Å². The average Bonchev–Trinajstić information content (AvgIpc) is 2.42. The third-order valence-corrected chi connectivity index (χ3v) is 3.24. The lowest BCUT2D eigenvalue weighted by molar-refractivity contribution is 0.0526. The van der Waals surface area contributed by atoms with E-state index in [-0.39, 0.29) is 5.97 Å². The molecule has 0 saturated carbocycles. The van der Waals surface area contributed by atoms with Crippen LogP contribution in [0.1, 0.15) is 17.3 Å². The zero-order valence-corrected chi connectivity index (χ0v) is 12.1. The first-order valence-corrected chi connectivity index (χ1v) is 6.78. The van der Waals surface area contributed by atoms with Gasteiger partial charge in [-0.2, -0.15) is 0 Å². The maximum absolute atomic E-state index is 11.5. The first-order chi connectivity index (χ1) is 9.20. The second kappa shape index (κ2) is 6.38. The highest BCUT2D eigenvalue weighted by Crippen LogP contribution is 2.25. The van der Waals surface area contributed by atoms with Crippen LogP contribution in [-0.4, -0.2) is 12.6 Å². The number of rotatable bonds is 4. The molecule has 0 amide bonds. The molecule has 2 aromatic carbocycles. The second-order valence-corrected chi connectivity index (χ2v) is 4.76. The van der Waals surface area contributed by atoms with Gasteiger partial charge in [-0.1, -0.05) is 12.1 Å². The van der Waals surface area contributed by atoms with Crippen LogP contribution in [0.2, 0.25) is 0 Å². The van der Waals surface area contributed by atoms with Crippen molar-refractivity contribution in [2.45, 2.75) is 6.92 Å². The standard InChI is InChI=1S/C15H14BrNO2/c1-2-19-15(18)11-7-9-12(10-8-11)17-14-6-4-3-5-13(14)16/h3-10,17H,2H2,1H3. The zero-order chi connectivity index (χ0) is 13.7. The van der Waals surface area contributed by atoms with E-state index in [0.717, 1.165) is 15.8 Å². The van der Waals surface area contributed by atoms with Gasteiger partial charge in [0.2, 0.25) is 0 Å². The number of carbonyl (C=O) groups is 1. The summed E-state index contributed by atoms with van der Waals surface area (Å²) in [5, 5.41) is 3.27. The second-order valence-electron chi connectivity index (χ2n) is 3.90. The highest BCUT2D eigenvalue weighted by Gasteiger charge is 2.06. The fourth-order valence-electron chi connectivity index (χ4n) is 1.62. The minimum absolute atomic E-state index is 0.296. The number of hydrogen-bond acceptors (Lipinski definition) is 3. The van der Waals surface area contributed by atoms with Gasteiger partial charge >= 0.3 is 5.97 Å². The number of nitrogens with one attached hydrogen (secondary N) is 1. The van der Waals surface area contributed by atoms with Crippen LogP contribution in [0.25, 0.3) is 0 Å². The van der Waals surface area contributed by atoms with E-state index in [9.17, 15) is 4.79 Å². The fraction of sp³-hybridized carbons (Fsp3) is 0.133. The van der Waals surface area contributed by atoms with Gasteiger partial charge in [0.05, 0.1) is 17.9 Å². The number of carbonyl (C=O) groups excluding carboxylic acids is 1. The predicted octanol–water partition coefficient (Wildman–Crippen LogP) is 4.37. The Morgan fingerprint density at radius 2 is 1.84 bits per heavy atom. The summed E-state index contributed by atoms with van der Waals surface area (Å²) in [6, 6.07) is 15.1. The molecular weight excluding hydrogens is 306 g/mol. The molecule has 0 radical (unpaired) electrons. The molecule has 0 aliphatic heterocycles. The molecule has 2 aromatic rings. The number of esters is 1. The van der Waals surface area contributed by atoms with Gasteiger partial charge in [0.1, 0.15) is 0 Å². The summed E-state index contributed by atoms with van der Waals surface area (Å²) in [5.41, 5.74) is 2.45. The normalized spacial score (nSPS) is 10.0. The maximum atomic E-state index is 11.5. The molecule has 0 aliphatic rings. The molecule has 0 saturated heterocycles. The van der Waals surface area contributed by atoms with E-state index in [2.05, 4.69) is 21.2 Å². The van der Waals surface area contributed by atoms with Crippen LogP contribution in [-0.2, 0) is 4.74 Å². The molecule has 0 aliphatic carbocycles. The minimum Gasteiger partial charge on any atom is -0.462 e. The number of hydrogen-bond donors (Lipinski definition) is 1. The summed E-state index contributed by atoms with van der Waals surface area (Å²) in [7, 11) is 0. The Hall–Kier alpha value is -1.81. The zero-order valence-electron chi connectivity index (χ0n) is 10.5. The topological polar surface area (TPSA) is 38.3 Å². The number of anilines is 2. The van der Waals surface area contributed by atoms with Crippen molar-refractivity contribution in [3.05, 3.63) is 58.6 Å². The third-order valence-electron chi connectivity index (χ3n) is 2.55. The molecule has 0 fully saturated rings. The van der Waals surface area contributed by atoms with E-state index >= 15 is 0 Å². The Balaban J connectivity index is 2.11. The van der Waals surface area contributed by atoms with Gasteiger partial charge in [-0.15, -0.1) is 0 Å². The molecule has 0 atom stereocenters. The fourth-order valence-corrected chi connectivity index (χ4v) is 2.01. The summed E-state index contributed by atoms with van der Waals surface area (Å²) in [4.78, 5) is 11.5. The number of halogens is 1.